The van der Waals surface area contributed by atoms with E-state index in [0.717, 1.165) is 48.2 Å². The third kappa shape index (κ3) is 4.91. The Morgan fingerprint density at radius 2 is 1.59 bits per heavy atom. The number of nitrogens with one attached hydrogen (secondary N) is 2. The minimum Gasteiger partial charge on any atom is -0.481 e. The highest BCUT2D eigenvalue weighted by Gasteiger charge is 2.30. The molecule has 2 aromatic rings. The first-order chi connectivity index (χ1) is 15.5. The van der Waals surface area contributed by atoms with Gasteiger partial charge in [0.15, 0.2) is 0 Å². The summed E-state index contributed by atoms with van der Waals surface area (Å²) in [5.74, 6) is -1.55. The SMILES string of the molecule is O=C(O)CCC(NC(=O)OCC1c2ccccc2-c2ccccc21)C(=O)NN1CCCC1. The van der Waals surface area contributed by atoms with Crippen LogP contribution in [0.25, 0.3) is 11.1 Å². The second kappa shape index (κ2) is 9.82. The van der Waals surface area contributed by atoms with Gasteiger partial charge in [-0.3, -0.25) is 15.0 Å². The number of carbonyl (C=O) groups excluding carboxylic acids is 2. The lowest BCUT2D eigenvalue weighted by Gasteiger charge is -2.22. The number of carboxylic acid groups (broad SMARTS) is 1. The topological polar surface area (TPSA) is 108 Å². The monoisotopic (exact) mass is 437 g/mol. The smallest absolute Gasteiger partial charge is 0.407 e. The molecular formula is C24H27N3O5. The molecule has 8 heteroatoms. The number of fused-ring (bicyclic) bond motifs is 3. The van der Waals surface area contributed by atoms with Gasteiger partial charge in [0.1, 0.15) is 12.6 Å². The largest absolute Gasteiger partial charge is 0.481 e. The zero-order valence-corrected chi connectivity index (χ0v) is 17.8. The van der Waals surface area contributed by atoms with E-state index in [2.05, 4.69) is 22.9 Å². The van der Waals surface area contributed by atoms with Crippen LogP contribution in [0.2, 0.25) is 0 Å². The lowest BCUT2D eigenvalue weighted by Crippen LogP contribution is -2.52. The number of alkyl carbamates (subject to hydrolysis) is 1. The number of ether oxygens (including phenoxy) is 1. The first-order valence-corrected chi connectivity index (χ1v) is 10.9. The predicted octanol–water partition coefficient (Wildman–Crippen LogP) is 2.89. The van der Waals surface area contributed by atoms with Crippen LogP contribution in [0.5, 0.6) is 0 Å². The highest BCUT2D eigenvalue weighted by atomic mass is 16.5. The zero-order valence-electron chi connectivity index (χ0n) is 17.8. The van der Waals surface area contributed by atoms with Crippen LogP contribution in [0.15, 0.2) is 48.5 Å². The van der Waals surface area contributed by atoms with Gasteiger partial charge in [0.25, 0.3) is 5.91 Å². The molecule has 0 bridgehead atoms. The Kier molecular flexibility index (Phi) is 6.70. The van der Waals surface area contributed by atoms with Gasteiger partial charge in [-0.1, -0.05) is 48.5 Å². The molecule has 4 rings (SSSR count). The number of aliphatic carboxylic acids is 1. The van der Waals surface area contributed by atoms with E-state index in [0.29, 0.717) is 0 Å². The van der Waals surface area contributed by atoms with Crippen molar-refractivity contribution in [2.24, 2.45) is 0 Å². The van der Waals surface area contributed by atoms with Crippen molar-refractivity contribution in [3.8, 4) is 11.1 Å². The number of nitrogens with zero attached hydrogens (tertiary/aromatic N) is 1. The molecule has 2 aromatic carbocycles. The van der Waals surface area contributed by atoms with E-state index in [1.165, 1.54) is 0 Å². The minimum absolute atomic E-state index is 0.0147. The number of carbonyl (C=O) groups is 3. The van der Waals surface area contributed by atoms with Gasteiger partial charge < -0.3 is 15.2 Å². The Morgan fingerprint density at radius 1 is 1.00 bits per heavy atom. The summed E-state index contributed by atoms with van der Waals surface area (Å²) in [4.78, 5) is 36.2. The van der Waals surface area contributed by atoms with Gasteiger partial charge in [0.2, 0.25) is 0 Å². The fourth-order valence-corrected chi connectivity index (χ4v) is 4.38. The third-order valence-electron chi connectivity index (χ3n) is 5.97. The summed E-state index contributed by atoms with van der Waals surface area (Å²) < 4.78 is 5.51. The predicted molar refractivity (Wildman–Crippen MR) is 118 cm³/mol. The van der Waals surface area contributed by atoms with Crippen molar-refractivity contribution in [2.45, 2.75) is 37.6 Å². The molecule has 1 aliphatic heterocycles. The van der Waals surface area contributed by atoms with Gasteiger partial charge in [0, 0.05) is 25.4 Å². The maximum atomic E-state index is 12.6. The molecule has 1 aliphatic carbocycles. The molecule has 0 radical (unpaired) electrons. The van der Waals surface area contributed by atoms with Gasteiger partial charge in [0.05, 0.1) is 0 Å². The number of hydrazine groups is 1. The Balaban J connectivity index is 1.39. The Morgan fingerprint density at radius 3 is 2.19 bits per heavy atom. The molecule has 0 spiro atoms. The Hall–Kier alpha value is -3.39. The molecule has 8 nitrogen and oxygen atoms in total. The van der Waals surface area contributed by atoms with Crippen LogP contribution in [0, 0.1) is 0 Å². The molecule has 1 saturated heterocycles. The molecular weight excluding hydrogens is 410 g/mol. The van der Waals surface area contributed by atoms with E-state index in [4.69, 9.17) is 9.84 Å². The van der Waals surface area contributed by atoms with Gasteiger partial charge in [-0.05, 0) is 41.5 Å². The van der Waals surface area contributed by atoms with Crippen molar-refractivity contribution >= 4 is 18.0 Å². The second-order valence-electron chi connectivity index (χ2n) is 8.13. The fourth-order valence-electron chi connectivity index (χ4n) is 4.38. The van der Waals surface area contributed by atoms with E-state index in [-0.39, 0.29) is 25.4 Å². The van der Waals surface area contributed by atoms with Crippen LogP contribution in [0.3, 0.4) is 0 Å². The number of carboxylic acids is 1. The molecule has 32 heavy (non-hydrogen) atoms. The molecule has 2 aliphatic rings. The highest BCUT2D eigenvalue weighted by Crippen LogP contribution is 2.44. The fraction of sp³-hybridized carbons (Fsp3) is 0.375. The summed E-state index contributed by atoms with van der Waals surface area (Å²) >= 11 is 0. The average Bonchev–Trinajstić information content (AvgIpc) is 3.41. The van der Waals surface area contributed by atoms with Crippen LogP contribution < -0.4 is 10.7 Å². The zero-order chi connectivity index (χ0) is 22.5. The van der Waals surface area contributed by atoms with Gasteiger partial charge >= 0.3 is 12.1 Å². The molecule has 0 saturated carbocycles. The van der Waals surface area contributed by atoms with Crippen LogP contribution >= 0.6 is 0 Å². The van der Waals surface area contributed by atoms with Crippen molar-refractivity contribution in [1.82, 2.24) is 15.8 Å². The minimum atomic E-state index is -1.03. The first-order valence-electron chi connectivity index (χ1n) is 10.9. The summed E-state index contributed by atoms with van der Waals surface area (Å²) in [6.45, 7) is 1.60. The van der Waals surface area contributed by atoms with Crippen LogP contribution in [-0.2, 0) is 14.3 Å². The lowest BCUT2D eigenvalue weighted by molar-refractivity contribution is -0.137. The quantitative estimate of drug-likeness (QED) is 0.586. The van der Waals surface area contributed by atoms with Gasteiger partial charge in [-0.15, -0.1) is 0 Å². The lowest BCUT2D eigenvalue weighted by atomic mass is 9.98. The van der Waals surface area contributed by atoms with Crippen molar-refractivity contribution in [1.29, 1.82) is 0 Å². The van der Waals surface area contributed by atoms with Crippen molar-refractivity contribution in [3.63, 3.8) is 0 Å². The maximum Gasteiger partial charge on any atom is 0.407 e. The molecule has 3 N–H and O–H groups in total. The summed E-state index contributed by atoms with van der Waals surface area (Å²) in [5, 5.41) is 13.4. The Bertz CT molecular complexity index is 957. The summed E-state index contributed by atoms with van der Waals surface area (Å²) in [7, 11) is 0. The van der Waals surface area contributed by atoms with Crippen molar-refractivity contribution < 1.29 is 24.2 Å². The highest BCUT2D eigenvalue weighted by molar-refractivity contribution is 5.86. The van der Waals surface area contributed by atoms with E-state index in [1.54, 1.807) is 5.01 Å². The Labute approximate surface area is 186 Å². The molecule has 1 atom stereocenters. The van der Waals surface area contributed by atoms with Crippen molar-refractivity contribution in [3.05, 3.63) is 59.7 Å². The number of amides is 2. The van der Waals surface area contributed by atoms with Crippen LogP contribution in [0.1, 0.15) is 42.7 Å². The van der Waals surface area contributed by atoms with Crippen LogP contribution in [-0.4, -0.2) is 53.8 Å². The maximum absolute atomic E-state index is 12.6. The molecule has 1 fully saturated rings. The van der Waals surface area contributed by atoms with Gasteiger partial charge in [-0.25, -0.2) is 9.80 Å². The van der Waals surface area contributed by atoms with Gasteiger partial charge in [-0.2, -0.15) is 0 Å². The van der Waals surface area contributed by atoms with E-state index >= 15 is 0 Å². The second-order valence-corrected chi connectivity index (χ2v) is 8.13. The number of rotatable bonds is 8. The number of hydrogen-bond donors (Lipinski definition) is 3. The van der Waals surface area contributed by atoms with E-state index < -0.39 is 24.0 Å². The number of benzene rings is 2. The molecule has 168 valence electrons. The average molecular weight is 437 g/mol. The summed E-state index contributed by atoms with van der Waals surface area (Å²) in [5.41, 5.74) is 7.20. The normalized spacial score (nSPS) is 16.1. The molecule has 1 unspecified atom stereocenters. The first kappa shape index (κ1) is 21.8. The van der Waals surface area contributed by atoms with E-state index in [1.807, 2.05) is 36.4 Å². The standard InChI is InChI=1S/C24H27N3O5/c28-22(29)12-11-21(23(30)26-27-13-5-6-14-27)25-24(31)32-15-20-18-9-3-1-7-16(18)17-8-2-4-10-19(17)20/h1-4,7-10,20-21H,5-6,11-15H2,(H,25,31)(H,26,30)(H,28,29). The molecule has 2 amide bonds. The van der Waals surface area contributed by atoms with Crippen molar-refractivity contribution in [2.75, 3.05) is 19.7 Å². The number of hydrogen-bond acceptors (Lipinski definition) is 5. The van der Waals surface area contributed by atoms with Crippen LogP contribution in [0.4, 0.5) is 4.79 Å². The van der Waals surface area contributed by atoms with E-state index in [9.17, 15) is 14.4 Å². The third-order valence-corrected chi connectivity index (χ3v) is 5.97. The molecule has 1 heterocycles. The summed E-state index contributed by atoms with van der Waals surface area (Å²) in [6, 6.07) is 15.1. The molecule has 0 aromatic heterocycles. The summed E-state index contributed by atoms with van der Waals surface area (Å²) in [6.07, 6.45) is 0.986.